The fourth-order valence-corrected chi connectivity index (χ4v) is 5.09. The van der Waals surface area contributed by atoms with Gasteiger partial charge in [0.25, 0.3) is 0 Å². The summed E-state index contributed by atoms with van der Waals surface area (Å²) in [6.07, 6.45) is 0.877. The van der Waals surface area contributed by atoms with Crippen molar-refractivity contribution in [3.8, 4) is 11.5 Å². The zero-order valence-electron chi connectivity index (χ0n) is 17.6. The monoisotopic (exact) mass is 466 g/mol. The van der Waals surface area contributed by atoms with E-state index >= 15 is 0 Å². The molecule has 0 atom stereocenters. The summed E-state index contributed by atoms with van der Waals surface area (Å²) in [4.78, 5) is 13.1. The molecule has 0 bridgehead atoms. The first-order valence-electron chi connectivity index (χ1n) is 10.3. The summed E-state index contributed by atoms with van der Waals surface area (Å²) in [5.74, 6) is 0.771. The molecule has 1 aliphatic rings. The first-order chi connectivity index (χ1) is 14.8. The van der Waals surface area contributed by atoms with Crippen LogP contribution in [0.1, 0.15) is 26.7 Å². The predicted molar refractivity (Wildman–Crippen MR) is 120 cm³/mol. The lowest BCUT2D eigenvalue weighted by Gasteiger charge is -2.30. The third kappa shape index (κ3) is 5.70. The molecule has 0 saturated carbocycles. The van der Waals surface area contributed by atoms with Crippen LogP contribution < -0.4 is 14.8 Å². The minimum absolute atomic E-state index is 0.154. The average molecular weight is 467 g/mol. The Kier molecular flexibility index (Phi) is 7.80. The van der Waals surface area contributed by atoms with Gasteiger partial charge in [-0.05, 0) is 63.1 Å². The number of carbonyl (C=O) groups is 1. The number of anilines is 1. The Morgan fingerprint density at radius 1 is 1.06 bits per heavy atom. The Labute approximate surface area is 188 Å². The highest BCUT2D eigenvalue weighted by atomic mass is 35.5. The van der Waals surface area contributed by atoms with Crippen LogP contribution in [0.5, 0.6) is 11.5 Å². The zero-order chi connectivity index (χ0) is 22.4. The summed E-state index contributed by atoms with van der Waals surface area (Å²) in [7, 11) is -3.61. The number of sulfonamides is 1. The van der Waals surface area contributed by atoms with E-state index in [0.29, 0.717) is 48.3 Å². The van der Waals surface area contributed by atoms with Crippen molar-refractivity contribution in [3.63, 3.8) is 0 Å². The molecular formula is C22H27ClN2O5S. The summed E-state index contributed by atoms with van der Waals surface area (Å²) in [6, 6.07) is 11.4. The zero-order valence-corrected chi connectivity index (χ0v) is 19.2. The Hall–Kier alpha value is -2.29. The van der Waals surface area contributed by atoms with Gasteiger partial charge in [-0.2, -0.15) is 4.31 Å². The second-order valence-electron chi connectivity index (χ2n) is 7.15. The van der Waals surface area contributed by atoms with Gasteiger partial charge in [-0.1, -0.05) is 11.6 Å². The predicted octanol–water partition coefficient (Wildman–Crippen LogP) is 4.18. The molecule has 0 unspecified atom stereocenters. The number of amides is 1. The normalized spacial score (nSPS) is 15.5. The molecule has 1 heterocycles. The number of rotatable bonds is 8. The molecule has 31 heavy (non-hydrogen) atoms. The van der Waals surface area contributed by atoms with Crippen LogP contribution in [0, 0.1) is 5.92 Å². The second-order valence-corrected chi connectivity index (χ2v) is 9.52. The summed E-state index contributed by atoms with van der Waals surface area (Å²) in [5, 5.41) is 3.41. The molecule has 1 aliphatic heterocycles. The molecule has 7 nitrogen and oxygen atoms in total. The smallest absolute Gasteiger partial charge is 0.243 e. The summed E-state index contributed by atoms with van der Waals surface area (Å²) in [6.45, 7) is 5.31. The minimum atomic E-state index is -3.61. The number of piperidine rings is 1. The van der Waals surface area contributed by atoms with Gasteiger partial charge in [-0.15, -0.1) is 0 Å². The standard InChI is InChI=1S/C22H27ClN2O5S/c1-3-29-18-7-10-21(30-4-2)20(15-18)24-22(26)16-11-13-25(14-12-16)31(27,28)19-8-5-17(23)6-9-19/h5-10,15-16H,3-4,11-14H2,1-2H3,(H,24,26). The molecule has 1 saturated heterocycles. The fourth-order valence-electron chi connectivity index (χ4n) is 3.49. The molecule has 0 aromatic heterocycles. The third-order valence-corrected chi connectivity index (χ3v) is 7.26. The molecular weight excluding hydrogens is 440 g/mol. The lowest BCUT2D eigenvalue weighted by molar-refractivity contribution is -0.120. The van der Waals surface area contributed by atoms with Crippen molar-refractivity contribution >= 4 is 33.2 Å². The number of ether oxygens (including phenoxy) is 2. The molecule has 2 aromatic carbocycles. The van der Waals surface area contributed by atoms with Crippen LogP contribution in [0.3, 0.4) is 0 Å². The van der Waals surface area contributed by atoms with E-state index in [1.807, 2.05) is 13.8 Å². The first-order valence-corrected chi connectivity index (χ1v) is 12.1. The van der Waals surface area contributed by atoms with Crippen molar-refractivity contribution in [2.24, 2.45) is 5.92 Å². The number of nitrogens with one attached hydrogen (secondary N) is 1. The second kappa shape index (κ2) is 10.3. The van der Waals surface area contributed by atoms with E-state index in [4.69, 9.17) is 21.1 Å². The Morgan fingerprint density at radius 2 is 1.71 bits per heavy atom. The van der Waals surface area contributed by atoms with Crippen molar-refractivity contribution in [1.29, 1.82) is 0 Å². The molecule has 1 amide bonds. The topological polar surface area (TPSA) is 84.9 Å². The highest BCUT2D eigenvalue weighted by molar-refractivity contribution is 7.89. The van der Waals surface area contributed by atoms with Gasteiger partial charge >= 0.3 is 0 Å². The van der Waals surface area contributed by atoms with Gasteiger partial charge in [0.15, 0.2) is 0 Å². The summed E-state index contributed by atoms with van der Waals surface area (Å²) < 4.78 is 38.2. The fraction of sp³-hybridized carbons (Fsp3) is 0.409. The number of halogens is 1. The Morgan fingerprint density at radius 3 is 2.32 bits per heavy atom. The van der Waals surface area contributed by atoms with Crippen molar-refractivity contribution in [3.05, 3.63) is 47.5 Å². The van der Waals surface area contributed by atoms with Crippen molar-refractivity contribution in [2.45, 2.75) is 31.6 Å². The van der Waals surface area contributed by atoms with Gasteiger partial charge in [-0.25, -0.2) is 8.42 Å². The van der Waals surface area contributed by atoms with E-state index < -0.39 is 10.0 Å². The molecule has 3 rings (SSSR count). The lowest BCUT2D eigenvalue weighted by Crippen LogP contribution is -2.41. The minimum Gasteiger partial charge on any atom is -0.494 e. The van der Waals surface area contributed by atoms with Crippen molar-refractivity contribution in [2.75, 3.05) is 31.6 Å². The van der Waals surface area contributed by atoms with E-state index in [-0.39, 0.29) is 29.8 Å². The summed E-state index contributed by atoms with van der Waals surface area (Å²) in [5.41, 5.74) is 0.550. The van der Waals surface area contributed by atoms with E-state index in [0.717, 1.165) is 0 Å². The molecule has 0 radical (unpaired) electrons. The van der Waals surface area contributed by atoms with Gasteiger partial charge in [0.1, 0.15) is 11.5 Å². The SMILES string of the molecule is CCOc1ccc(OCC)c(NC(=O)C2CCN(S(=O)(=O)c3ccc(Cl)cc3)CC2)c1. The van der Waals surface area contributed by atoms with Crippen LogP contribution in [0.25, 0.3) is 0 Å². The molecule has 0 spiro atoms. The highest BCUT2D eigenvalue weighted by Crippen LogP contribution is 2.31. The van der Waals surface area contributed by atoms with Gasteiger partial charge < -0.3 is 14.8 Å². The molecule has 0 aliphatic carbocycles. The van der Waals surface area contributed by atoms with Gasteiger partial charge in [-0.3, -0.25) is 4.79 Å². The quantitative estimate of drug-likeness (QED) is 0.630. The number of hydrogen-bond donors (Lipinski definition) is 1. The maximum atomic E-state index is 12.9. The maximum Gasteiger partial charge on any atom is 0.243 e. The van der Waals surface area contributed by atoms with E-state index in [9.17, 15) is 13.2 Å². The van der Waals surface area contributed by atoms with E-state index in [1.165, 1.54) is 16.4 Å². The summed E-state index contributed by atoms with van der Waals surface area (Å²) >= 11 is 5.86. The van der Waals surface area contributed by atoms with Crippen molar-refractivity contribution in [1.82, 2.24) is 4.31 Å². The Bertz CT molecular complexity index is 1000. The van der Waals surface area contributed by atoms with Gasteiger partial charge in [0.2, 0.25) is 15.9 Å². The number of carbonyl (C=O) groups excluding carboxylic acids is 1. The largest absolute Gasteiger partial charge is 0.494 e. The molecule has 168 valence electrons. The maximum absolute atomic E-state index is 12.9. The third-order valence-electron chi connectivity index (χ3n) is 5.10. The van der Waals surface area contributed by atoms with Crippen LogP contribution in [-0.4, -0.2) is 44.9 Å². The number of hydrogen-bond acceptors (Lipinski definition) is 5. The molecule has 9 heteroatoms. The Balaban J connectivity index is 1.65. The molecule has 2 aromatic rings. The number of benzene rings is 2. The number of nitrogens with zero attached hydrogens (tertiary/aromatic N) is 1. The average Bonchev–Trinajstić information content (AvgIpc) is 2.76. The van der Waals surface area contributed by atoms with E-state index in [1.54, 1.807) is 30.3 Å². The van der Waals surface area contributed by atoms with Crippen LogP contribution >= 0.6 is 11.6 Å². The lowest BCUT2D eigenvalue weighted by atomic mass is 9.97. The van der Waals surface area contributed by atoms with Crippen LogP contribution in [0.15, 0.2) is 47.4 Å². The van der Waals surface area contributed by atoms with Crippen molar-refractivity contribution < 1.29 is 22.7 Å². The highest BCUT2D eigenvalue weighted by Gasteiger charge is 2.32. The molecule has 1 fully saturated rings. The van der Waals surface area contributed by atoms with Crippen LogP contribution in [0.4, 0.5) is 5.69 Å². The van der Waals surface area contributed by atoms with Gasteiger partial charge in [0, 0.05) is 30.1 Å². The van der Waals surface area contributed by atoms with Crippen LogP contribution in [-0.2, 0) is 14.8 Å². The molecule has 1 N–H and O–H groups in total. The first kappa shape index (κ1) is 23.4. The van der Waals surface area contributed by atoms with Crippen LogP contribution in [0.2, 0.25) is 5.02 Å². The van der Waals surface area contributed by atoms with E-state index in [2.05, 4.69) is 5.32 Å². The van der Waals surface area contributed by atoms with Gasteiger partial charge in [0.05, 0.1) is 23.8 Å².